The number of hydrogen-bond acceptors (Lipinski definition) is 4. The minimum Gasteiger partial charge on any atom is -0.347 e. The molecule has 0 aliphatic rings. The van der Waals surface area contributed by atoms with Crippen LogP contribution in [0, 0.1) is 6.92 Å². The van der Waals surface area contributed by atoms with Crippen LogP contribution >= 0.6 is 0 Å². The van der Waals surface area contributed by atoms with Crippen LogP contribution in [0.3, 0.4) is 0 Å². The summed E-state index contributed by atoms with van der Waals surface area (Å²) < 4.78 is 27.1. The number of aromatic nitrogens is 2. The number of carbonyl (C=O) groups is 1. The van der Waals surface area contributed by atoms with Crippen LogP contribution in [0.4, 0.5) is 0 Å². The molecule has 2 heterocycles. The first-order valence-electron chi connectivity index (χ1n) is 8.03. The second kappa shape index (κ2) is 6.89. The van der Waals surface area contributed by atoms with E-state index in [0.717, 1.165) is 21.1 Å². The number of hydrogen-bond donors (Lipinski definition) is 1. The monoisotopic (exact) mass is 372 g/mol. The Balaban J connectivity index is 1.70. The lowest BCUT2D eigenvalue weighted by atomic mass is 10.2. The fraction of sp³-hybridized carbons (Fsp3) is 0.222. The van der Waals surface area contributed by atoms with Crippen molar-refractivity contribution in [3.63, 3.8) is 0 Å². The van der Waals surface area contributed by atoms with Crippen LogP contribution in [0.25, 0.3) is 5.65 Å². The third kappa shape index (κ3) is 3.47. The molecular weight excluding hydrogens is 352 g/mol. The predicted octanol–water partition coefficient (Wildman–Crippen LogP) is 1.82. The number of amides is 1. The summed E-state index contributed by atoms with van der Waals surface area (Å²) in [6.45, 7) is 2.22. The largest absolute Gasteiger partial charge is 0.347 e. The quantitative estimate of drug-likeness (QED) is 0.740. The Kier molecular flexibility index (Phi) is 4.80. The van der Waals surface area contributed by atoms with Gasteiger partial charge in [0, 0.05) is 33.0 Å². The Hall–Kier alpha value is -2.71. The maximum atomic E-state index is 12.3. The number of pyridine rings is 1. The summed E-state index contributed by atoms with van der Waals surface area (Å²) in [4.78, 5) is 16.9. The van der Waals surface area contributed by atoms with E-state index in [0.29, 0.717) is 5.69 Å². The van der Waals surface area contributed by atoms with E-state index >= 15 is 0 Å². The first-order chi connectivity index (χ1) is 12.3. The molecular formula is C18H20N4O3S. The molecule has 0 unspecified atom stereocenters. The standard InChI is InChI=1S/C18H20N4O3S/c1-13-5-4-10-22-12-16(20-17(13)22)18(23)19-11-14-6-8-15(9-7-14)26(24,25)21(2)3/h4-10,12H,11H2,1-3H3,(H,19,23). The third-order valence-corrected chi connectivity index (χ3v) is 5.89. The number of benzene rings is 1. The van der Waals surface area contributed by atoms with Crippen molar-refractivity contribution in [2.45, 2.75) is 18.4 Å². The molecule has 2 aromatic heterocycles. The highest BCUT2D eigenvalue weighted by molar-refractivity contribution is 7.89. The number of aryl methyl sites for hydroxylation is 1. The Labute approximate surface area is 152 Å². The van der Waals surface area contributed by atoms with Gasteiger partial charge < -0.3 is 9.72 Å². The van der Waals surface area contributed by atoms with Gasteiger partial charge in [0.15, 0.2) is 0 Å². The first-order valence-corrected chi connectivity index (χ1v) is 9.47. The van der Waals surface area contributed by atoms with Gasteiger partial charge in [-0.1, -0.05) is 18.2 Å². The topological polar surface area (TPSA) is 83.8 Å². The van der Waals surface area contributed by atoms with Crippen molar-refractivity contribution in [3.8, 4) is 0 Å². The summed E-state index contributed by atoms with van der Waals surface area (Å²) in [5, 5.41) is 2.80. The summed E-state index contributed by atoms with van der Waals surface area (Å²) in [7, 11) is -0.481. The minimum absolute atomic E-state index is 0.216. The average Bonchev–Trinajstić information content (AvgIpc) is 3.06. The summed E-state index contributed by atoms with van der Waals surface area (Å²) in [5.74, 6) is -0.280. The van der Waals surface area contributed by atoms with Crippen molar-refractivity contribution in [2.75, 3.05) is 14.1 Å². The van der Waals surface area contributed by atoms with E-state index in [2.05, 4.69) is 10.3 Å². The van der Waals surface area contributed by atoms with Gasteiger partial charge >= 0.3 is 0 Å². The zero-order valence-corrected chi connectivity index (χ0v) is 15.6. The van der Waals surface area contributed by atoms with E-state index in [1.807, 2.05) is 29.7 Å². The molecule has 0 saturated heterocycles. The molecule has 8 heteroatoms. The second-order valence-electron chi connectivity index (χ2n) is 6.16. The van der Waals surface area contributed by atoms with Crippen LogP contribution in [0.5, 0.6) is 0 Å². The van der Waals surface area contributed by atoms with Gasteiger partial charge in [-0.3, -0.25) is 4.79 Å². The molecule has 0 bridgehead atoms. The van der Waals surface area contributed by atoms with E-state index in [1.54, 1.807) is 18.3 Å². The SMILES string of the molecule is Cc1cccn2cc(C(=O)NCc3ccc(S(=O)(=O)N(C)C)cc3)nc12. The molecule has 0 atom stereocenters. The van der Waals surface area contributed by atoms with Crippen LogP contribution in [0.2, 0.25) is 0 Å². The highest BCUT2D eigenvalue weighted by Crippen LogP contribution is 2.14. The zero-order valence-electron chi connectivity index (χ0n) is 14.8. The molecule has 0 aliphatic carbocycles. The summed E-state index contributed by atoms with van der Waals surface area (Å²) in [6.07, 6.45) is 3.53. The van der Waals surface area contributed by atoms with E-state index < -0.39 is 10.0 Å². The van der Waals surface area contributed by atoms with Crippen molar-refractivity contribution in [1.82, 2.24) is 19.0 Å². The Bertz CT molecular complexity index is 1050. The molecule has 0 fully saturated rings. The lowest BCUT2D eigenvalue weighted by Crippen LogP contribution is -2.24. The maximum Gasteiger partial charge on any atom is 0.271 e. The van der Waals surface area contributed by atoms with Crippen LogP contribution in [-0.2, 0) is 16.6 Å². The normalized spacial score (nSPS) is 11.8. The van der Waals surface area contributed by atoms with Crippen LogP contribution in [-0.4, -0.2) is 42.1 Å². The smallest absolute Gasteiger partial charge is 0.271 e. The third-order valence-electron chi connectivity index (χ3n) is 4.07. The summed E-state index contributed by atoms with van der Waals surface area (Å²) >= 11 is 0. The summed E-state index contributed by atoms with van der Waals surface area (Å²) in [6, 6.07) is 10.3. The van der Waals surface area contributed by atoms with Crippen LogP contribution in [0.1, 0.15) is 21.6 Å². The number of nitrogens with zero attached hydrogens (tertiary/aromatic N) is 3. The lowest BCUT2D eigenvalue weighted by Gasteiger charge is -2.11. The number of nitrogens with one attached hydrogen (secondary N) is 1. The average molecular weight is 372 g/mol. The lowest BCUT2D eigenvalue weighted by molar-refractivity contribution is 0.0946. The number of imidazole rings is 1. The van der Waals surface area contributed by atoms with E-state index in [1.165, 1.54) is 26.2 Å². The molecule has 0 saturated carbocycles. The van der Waals surface area contributed by atoms with Crippen LogP contribution < -0.4 is 5.32 Å². The van der Waals surface area contributed by atoms with E-state index in [9.17, 15) is 13.2 Å². The molecule has 7 nitrogen and oxygen atoms in total. The first kappa shape index (κ1) is 18.1. The van der Waals surface area contributed by atoms with Gasteiger partial charge in [0.1, 0.15) is 11.3 Å². The van der Waals surface area contributed by atoms with E-state index in [-0.39, 0.29) is 17.3 Å². The molecule has 1 aromatic carbocycles. The van der Waals surface area contributed by atoms with Crippen molar-refractivity contribution in [3.05, 3.63) is 65.6 Å². The number of fused-ring (bicyclic) bond motifs is 1. The highest BCUT2D eigenvalue weighted by Gasteiger charge is 2.17. The maximum absolute atomic E-state index is 12.3. The van der Waals surface area contributed by atoms with Gasteiger partial charge in [0.25, 0.3) is 5.91 Å². The van der Waals surface area contributed by atoms with Crippen molar-refractivity contribution in [1.29, 1.82) is 0 Å². The van der Waals surface area contributed by atoms with Crippen molar-refractivity contribution in [2.24, 2.45) is 0 Å². The molecule has 3 rings (SSSR count). The number of rotatable bonds is 5. The van der Waals surface area contributed by atoms with Gasteiger partial charge in [-0.05, 0) is 36.2 Å². The fourth-order valence-electron chi connectivity index (χ4n) is 2.53. The molecule has 0 radical (unpaired) electrons. The van der Waals surface area contributed by atoms with Crippen LogP contribution in [0.15, 0.2) is 53.7 Å². The number of sulfonamides is 1. The van der Waals surface area contributed by atoms with Gasteiger partial charge in [0.2, 0.25) is 10.0 Å². The Morgan fingerprint density at radius 1 is 1.19 bits per heavy atom. The number of carbonyl (C=O) groups excluding carboxylic acids is 1. The Morgan fingerprint density at radius 2 is 1.88 bits per heavy atom. The molecule has 136 valence electrons. The van der Waals surface area contributed by atoms with Gasteiger partial charge in [-0.15, -0.1) is 0 Å². The van der Waals surface area contributed by atoms with Crippen molar-refractivity contribution < 1.29 is 13.2 Å². The molecule has 3 aromatic rings. The molecule has 0 aliphatic heterocycles. The fourth-order valence-corrected chi connectivity index (χ4v) is 3.43. The molecule has 0 spiro atoms. The van der Waals surface area contributed by atoms with Gasteiger partial charge in [-0.25, -0.2) is 17.7 Å². The minimum atomic E-state index is -3.45. The van der Waals surface area contributed by atoms with E-state index in [4.69, 9.17) is 0 Å². The summed E-state index contributed by atoms with van der Waals surface area (Å²) in [5.41, 5.74) is 2.88. The van der Waals surface area contributed by atoms with Gasteiger partial charge in [0.05, 0.1) is 4.90 Å². The molecule has 1 amide bonds. The van der Waals surface area contributed by atoms with Gasteiger partial charge in [-0.2, -0.15) is 0 Å². The Morgan fingerprint density at radius 3 is 2.50 bits per heavy atom. The highest BCUT2D eigenvalue weighted by atomic mass is 32.2. The second-order valence-corrected chi connectivity index (χ2v) is 8.31. The van der Waals surface area contributed by atoms with Crippen molar-refractivity contribution >= 4 is 21.6 Å². The zero-order chi connectivity index (χ0) is 18.9. The predicted molar refractivity (Wildman–Crippen MR) is 98.4 cm³/mol. The molecule has 1 N–H and O–H groups in total. The molecule has 26 heavy (non-hydrogen) atoms.